The number of aliphatic hydroxyl groups is 7. The fourth-order valence-corrected chi connectivity index (χ4v) is 7.33. The van der Waals surface area contributed by atoms with Crippen LogP contribution >= 0.6 is 0 Å². The fraction of sp³-hybridized carbons (Fsp3) is 0.867. The van der Waals surface area contributed by atoms with Crippen LogP contribution in [0, 0.1) is 0 Å². The molecule has 7 heteroatoms. The van der Waals surface area contributed by atoms with Crippen LogP contribution in [-0.4, -0.2) is 76.0 Å². The minimum Gasteiger partial charge on any atom is -0.392 e. The maximum atomic E-state index is 11.0. The van der Waals surface area contributed by atoms with Gasteiger partial charge in [-0.05, 0) is 210 Å². The summed E-state index contributed by atoms with van der Waals surface area (Å²) in [6.45, 7) is 19.6. The lowest BCUT2D eigenvalue weighted by Gasteiger charge is -2.30. The molecule has 6 atom stereocenters. The summed E-state index contributed by atoms with van der Waals surface area (Å²) in [5, 5.41) is 74.5. The highest BCUT2D eigenvalue weighted by Crippen LogP contribution is 2.32. The first-order chi connectivity index (χ1) is 23.8. The van der Waals surface area contributed by atoms with Crippen LogP contribution in [0.15, 0.2) is 34.9 Å². The Kier molecular flexibility index (Phi) is 24.0. The molecule has 0 aromatic heterocycles. The number of allylic oxidation sites excluding steroid dienone is 5. The smallest absolute Gasteiger partial charge is 0.0622 e. The summed E-state index contributed by atoms with van der Waals surface area (Å²) in [7, 11) is 0. The highest BCUT2D eigenvalue weighted by Gasteiger charge is 2.29. The van der Waals surface area contributed by atoms with Gasteiger partial charge in [-0.2, -0.15) is 0 Å². The van der Waals surface area contributed by atoms with Crippen LogP contribution in [0.3, 0.4) is 0 Å². The van der Waals surface area contributed by atoms with Crippen LogP contribution in [-0.2, 0) is 0 Å². The quantitative estimate of drug-likeness (QED) is 0.0351. The Labute approximate surface area is 320 Å². The van der Waals surface area contributed by atoms with Gasteiger partial charge in [-0.3, -0.25) is 0 Å². The summed E-state index contributed by atoms with van der Waals surface area (Å²) in [6.07, 6.45) is 22.0. The summed E-state index contributed by atoms with van der Waals surface area (Å²) in [6, 6.07) is 0. The van der Waals surface area contributed by atoms with Crippen molar-refractivity contribution in [3.8, 4) is 0 Å². The second-order valence-corrected chi connectivity index (χ2v) is 18.7. The molecule has 0 spiro atoms. The molecule has 7 N–H and O–H groups in total. The van der Waals surface area contributed by atoms with Crippen molar-refractivity contribution in [1.82, 2.24) is 0 Å². The molecule has 0 radical (unpaired) electrons. The topological polar surface area (TPSA) is 142 Å². The van der Waals surface area contributed by atoms with Crippen molar-refractivity contribution in [2.24, 2.45) is 0 Å². The largest absolute Gasteiger partial charge is 0.392 e. The second kappa shape index (κ2) is 24.5. The zero-order chi connectivity index (χ0) is 40.1. The van der Waals surface area contributed by atoms with Gasteiger partial charge in [-0.1, -0.05) is 34.9 Å². The molecule has 0 saturated carbocycles. The van der Waals surface area contributed by atoms with Gasteiger partial charge in [0.05, 0.1) is 40.2 Å². The molecule has 0 aliphatic rings. The van der Waals surface area contributed by atoms with Crippen LogP contribution in [0.2, 0.25) is 0 Å². The number of hydrogen-bond donors (Lipinski definition) is 7. The van der Waals surface area contributed by atoms with E-state index in [-0.39, 0.29) is 6.61 Å². The number of hydrogen-bond acceptors (Lipinski definition) is 7. The molecule has 0 unspecified atom stereocenters. The Balaban J connectivity index is 4.36. The van der Waals surface area contributed by atoms with E-state index in [2.05, 4.69) is 32.9 Å². The zero-order valence-corrected chi connectivity index (χ0v) is 35.6. The van der Waals surface area contributed by atoms with Gasteiger partial charge in [0, 0.05) is 0 Å². The molecule has 0 amide bonds. The molecule has 0 heterocycles. The minimum atomic E-state index is -0.867. The lowest BCUT2D eigenvalue weighted by Crippen LogP contribution is -2.31. The normalized spacial score (nSPS) is 19.9. The van der Waals surface area contributed by atoms with Crippen molar-refractivity contribution in [3.63, 3.8) is 0 Å². The van der Waals surface area contributed by atoms with E-state index >= 15 is 0 Å². The molecule has 0 aliphatic carbocycles. The minimum absolute atomic E-state index is 0.0920. The van der Waals surface area contributed by atoms with Crippen LogP contribution < -0.4 is 0 Å². The van der Waals surface area contributed by atoms with Gasteiger partial charge >= 0.3 is 0 Å². The summed E-state index contributed by atoms with van der Waals surface area (Å²) < 4.78 is 0. The lowest BCUT2D eigenvalue weighted by atomic mass is 9.83. The first-order valence-electron chi connectivity index (χ1n) is 20.7. The molecule has 7 nitrogen and oxygen atoms in total. The Hall–Kier alpha value is -1.06. The molecule has 0 fully saturated rings. The molecular formula is C45H86O7. The Morgan fingerprint density at radius 2 is 0.654 bits per heavy atom. The Bertz CT molecular complexity index is 1040. The highest BCUT2D eigenvalue weighted by atomic mass is 16.3. The van der Waals surface area contributed by atoms with Crippen molar-refractivity contribution in [3.05, 3.63) is 34.9 Å². The molecule has 52 heavy (non-hydrogen) atoms. The SMILES string of the molecule is CC(C)=CCC[C@](C)(O)CCC[C@](C)(O)CCC[C@](C)(O)CCC[C@](C)(O)CCC[C@@](C)(O)CCC[C@](C)(O)CCC/C(C)=C/CC/C(C)=C/CO. The van der Waals surface area contributed by atoms with Crippen molar-refractivity contribution in [1.29, 1.82) is 0 Å². The number of rotatable bonds is 31. The van der Waals surface area contributed by atoms with Gasteiger partial charge in [-0.25, -0.2) is 0 Å². The molecule has 0 aromatic carbocycles. The van der Waals surface area contributed by atoms with Gasteiger partial charge in [-0.15, -0.1) is 0 Å². The first-order valence-corrected chi connectivity index (χ1v) is 20.7. The second-order valence-electron chi connectivity index (χ2n) is 18.7. The third-order valence-corrected chi connectivity index (χ3v) is 11.1. The van der Waals surface area contributed by atoms with E-state index in [4.69, 9.17) is 5.11 Å². The van der Waals surface area contributed by atoms with E-state index in [1.807, 2.05) is 54.5 Å². The predicted octanol–water partition coefficient (Wildman–Crippen LogP) is 9.93. The van der Waals surface area contributed by atoms with Crippen molar-refractivity contribution in [2.75, 3.05) is 6.61 Å². The third-order valence-electron chi connectivity index (χ3n) is 11.1. The maximum Gasteiger partial charge on any atom is 0.0622 e. The molecule has 308 valence electrons. The average Bonchev–Trinajstić information content (AvgIpc) is 2.95. The third kappa shape index (κ3) is 29.3. The molecule has 0 saturated heterocycles. The Morgan fingerprint density at radius 1 is 0.365 bits per heavy atom. The lowest BCUT2D eigenvalue weighted by molar-refractivity contribution is -0.00728. The Morgan fingerprint density at radius 3 is 0.962 bits per heavy atom. The van der Waals surface area contributed by atoms with Crippen LogP contribution in [0.5, 0.6) is 0 Å². The van der Waals surface area contributed by atoms with Gasteiger partial charge in [0.1, 0.15) is 0 Å². The van der Waals surface area contributed by atoms with Gasteiger partial charge in [0.15, 0.2) is 0 Å². The molecule has 0 bridgehead atoms. The first kappa shape index (κ1) is 50.9. The van der Waals surface area contributed by atoms with E-state index in [1.54, 1.807) is 0 Å². The van der Waals surface area contributed by atoms with Gasteiger partial charge in [0.2, 0.25) is 0 Å². The fourth-order valence-electron chi connectivity index (χ4n) is 7.33. The van der Waals surface area contributed by atoms with Crippen LogP contribution in [0.1, 0.15) is 210 Å². The van der Waals surface area contributed by atoms with Gasteiger partial charge in [0.25, 0.3) is 0 Å². The van der Waals surface area contributed by atoms with Crippen molar-refractivity contribution >= 4 is 0 Å². The van der Waals surface area contributed by atoms with E-state index in [9.17, 15) is 30.6 Å². The molecule has 0 aliphatic heterocycles. The standard InChI is InChI=1S/C45H86O7/c1-37(2)19-12-24-40(5,47)26-14-28-42(7,49)30-16-32-44(9,51)34-18-35-45(10,52)33-17-31-43(8,50)29-15-27-41(6,48)25-13-22-38(3)20-11-21-39(4)23-36-46/h19-20,23,46-52H,11-18,21-22,24-36H2,1-10H3/b38-20+,39-23+/t40-,41+,42-,43-,44-,45+/m0/s1. The summed E-state index contributed by atoms with van der Waals surface area (Å²) in [5.74, 6) is 0. The molecule has 0 aromatic rings. The van der Waals surface area contributed by atoms with Crippen LogP contribution in [0.25, 0.3) is 0 Å². The van der Waals surface area contributed by atoms with E-state index in [0.717, 1.165) is 57.8 Å². The monoisotopic (exact) mass is 739 g/mol. The number of aliphatic hydroxyl groups excluding tert-OH is 1. The van der Waals surface area contributed by atoms with Gasteiger partial charge < -0.3 is 35.7 Å². The van der Waals surface area contributed by atoms with Crippen molar-refractivity contribution in [2.45, 2.75) is 244 Å². The maximum absolute atomic E-state index is 11.0. The van der Waals surface area contributed by atoms with E-state index in [1.165, 1.54) is 16.7 Å². The summed E-state index contributed by atoms with van der Waals surface area (Å²) >= 11 is 0. The molecule has 0 rings (SSSR count). The predicted molar refractivity (Wildman–Crippen MR) is 219 cm³/mol. The average molecular weight is 739 g/mol. The summed E-state index contributed by atoms with van der Waals surface area (Å²) in [5.41, 5.74) is -1.10. The van der Waals surface area contributed by atoms with Crippen LogP contribution in [0.4, 0.5) is 0 Å². The van der Waals surface area contributed by atoms with E-state index < -0.39 is 33.6 Å². The highest BCUT2D eigenvalue weighted by molar-refractivity contribution is 5.03. The van der Waals surface area contributed by atoms with Crippen molar-refractivity contribution < 1.29 is 35.7 Å². The summed E-state index contributed by atoms with van der Waals surface area (Å²) in [4.78, 5) is 0. The zero-order valence-electron chi connectivity index (χ0n) is 35.6. The van der Waals surface area contributed by atoms with E-state index in [0.29, 0.717) is 83.5 Å². The molecular weight excluding hydrogens is 652 g/mol.